The summed E-state index contributed by atoms with van der Waals surface area (Å²) in [6.07, 6.45) is 4.42. The molecule has 6 nitrogen and oxygen atoms in total. The number of hydrogen-bond donors (Lipinski definition) is 0. The predicted octanol–water partition coefficient (Wildman–Crippen LogP) is -0.368. The van der Waals surface area contributed by atoms with Crippen molar-refractivity contribution in [2.45, 2.75) is 6.54 Å². The first-order chi connectivity index (χ1) is 8.20. The molecule has 0 radical (unpaired) electrons. The average Bonchev–Trinajstić information content (AvgIpc) is 2.34. The minimum absolute atomic E-state index is 0.140. The summed E-state index contributed by atoms with van der Waals surface area (Å²) < 4.78 is 1.22. The van der Waals surface area contributed by atoms with Gasteiger partial charge in [0.2, 0.25) is 0 Å². The van der Waals surface area contributed by atoms with Crippen molar-refractivity contribution in [3.63, 3.8) is 0 Å². The maximum absolute atomic E-state index is 11.4. The van der Waals surface area contributed by atoms with E-state index in [1.54, 1.807) is 30.6 Å². The number of hydrogen-bond acceptors (Lipinski definition) is 5. The molecule has 2 aromatic rings. The molecule has 0 aromatic carbocycles. The van der Waals surface area contributed by atoms with Gasteiger partial charge in [-0.15, -0.1) is 0 Å². The van der Waals surface area contributed by atoms with Gasteiger partial charge in [0.15, 0.2) is 0 Å². The van der Waals surface area contributed by atoms with Crippen molar-refractivity contribution in [3.8, 4) is 11.9 Å². The Kier molecular flexibility index (Phi) is 2.83. The van der Waals surface area contributed by atoms with Gasteiger partial charge in [-0.2, -0.15) is 5.26 Å². The summed E-state index contributed by atoms with van der Waals surface area (Å²) >= 11 is 0. The third kappa shape index (κ3) is 2.29. The molecule has 0 aliphatic rings. The van der Waals surface area contributed by atoms with Crippen LogP contribution in [0.4, 0.5) is 0 Å². The molecule has 0 saturated heterocycles. The van der Waals surface area contributed by atoms with Crippen molar-refractivity contribution in [1.82, 2.24) is 14.5 Å². The van der Waals surface area contributed by atoms with Crippen LogP contribution in [0.15, 0.2) is 35.5 Å². The van der Waals surface area contributed by atoms with Crippen molar-refractivity contribution in [3.05, 3.63) is 52.3 Å². The highest BCUT2D eigenvalue weighted by Crippen LogP contribution is 2.05. The highest BCUT2D eigenvalue weighted by molar-refractivity contribution is 5.33. The summed E-state index contributed by atoms with van der Waals surface area (Å²) in [7, 11) is 0. The molecule has 84 valence electrons. The molecule has 0 aliphatic carbocycles. The zero-order valence-electron chi connectivity index (χ0n) is 8.70. The van der Waals surface area contributed by atoms with E-state index < -0.39 is 11.6 Å². The minimum atomic E-state index is -0.788. The van der Waals surface area contributed by atoms with Gasteiger partial charge < -0.3 is 5.11 Å². The van der Waals surface area contributed by atoms with Crippen LogP contribution in [-0.2, 0) is 6.54 Å². The number of pyridine rings is 1. The highest BCUT2D eigenvalue weighted by atomic mass is 16.3. The Hall–Kier alpha value is -2.68. The van der Waals surface area contributed by atoms with E-state index >= 15 is 0 Å². The van der Waals surface area contributed by atoms with Crippen molar-refractivity contribution in [2.75, 3.05) is 0 Å². The van der Waals surface area contributed by atoms with Gasteiger partial charge in [-0.25, -0.2) is 9.78 Å². The fourth-order valence-corrected chi connectivity index (χ4v) is 1.35. The van der Waals surface area contributed by atoms with Crippen LogP contribution in [0.25, 0.3) is 0 Å². The van der Waals surface area contributed by atoms with E-state index in [0.717, 1.165) is 5.56 Å². The summed E-state index contributed by atoms with van der Waals surface area (Å²) in [6.45, 7) is 0.253. The molecule has 17 heavy (non-hydrogen) atoms. The van der Waals surface area contributed by atoms with Crippen LogP contribution >= 0.6 is 0 Å². The Labute approximate surface area is 96.4 Å². The van der Waals surface area contributed by atoms with E-state index in [2.05, 4.69) is 9.97 Å². The number of nitrogens with zero attached hydrogens (tertiary/aromatic N) is 4. The lowest BCUT2D eigenvalue weighted by Gasteiger charge is -2.10. The van der Waals surface area contributed by atoms with E-state index in [1.165, 1.54) is 10.8 Å². The maximum atomic E-state index is 11.4. The second kappa shape index (κ2) is 4.45. The standard InChI is InChI=1S/C11H8N4O2/c12-5-9-7-15(11(17)14-10(9)16)6-8-1-3-13-4-2-8/h1-4,7H,6H2,(H,14,16,17)/p-1. The van der Waals surface area contributed by atoms with Crippen LogP contribution in [0.3, 0.4) is 0 Å². The minimum Gasteiger partial charge on any atom is -0.858 e. The monoisotopic (exact) mass is 227 g/mol. The van der Waals surface area contributed by atoms with Crippen LogP contribution < -0.4 is 10.8 Å². The smallest absolute Gasteiger partial charge is 0.347 e. The third-order valence-corrected chi connectivity index (χ3v) is 2.18. The van der Waals surface area contributed by atoms with Crippen LogP contribution in [0.1, 0.15) is 11.1 Å². The van der Waals surface area contributed by atoms with E-state index in [9.17, 15) is 9.90 Å². The van der Waals surface area contributed by atoms with Crippen molar-refractivity contribution in [2.24, 2.45) is 0 Å². The molecule has 0 aliphatic heterocycles. The van der Waals surface area contributed by atoms with E-state index in [1.807, 2.05) is 0 Å². The third-order valence-electron chi connectivity index (χ3n) is 2.18. The van der Waals surface area contributed by atoms with Gasteiger partial charge in [0.1, 0.15) is 6.07 Å². The summed E-state index contributed by atoms with van der Waals surface area (Å²) in [5.41, 5.74) is 0.0379. The first-order valence-electron chi connectivity index (χ1n) is 4.78. The summed E-state index contributed by atoms with van der Waals surface area (Å²) in [4.78, 5) is 18.5. The predicted molar refractivity (Wildman–Crippen MR) is 56.0 cm³/mol. The first-order valence-corrected chi connectivity index (χ1v) is 4.78. The van der Waals surface area contributed by atoms with Crippen molar-refractivity contribution < 1.29 is 5.11 Å². The van der Waals surface area contributed by atoms with Crippen LogP contribution in [0.2, 0.25) is 0 Å². The molecule has 0 bridgehead atoms. The highest BCUT2D eigenvalue weighted by Gasteiger charge is 2.02. The van der Waals surface area contributed by atoms with Crippen molar-refractivity contribution >= 4 is 0 Å². The van der Waals surface area contributed by atoms with Gasteiger partial charge in [-0.05, 0) is 17.7 Å². The number of aromatic nitrogens is 3. The lowest BCUT2D eigenvalue weighted by Crippen LogP contribution is -2.25. The second-order valence-electron chi connectivity index (χ2n) is 3.34. The molecule has 2 heterocycles. The van der Waals surface area contributed by atoms with Crippen molar-refractivity contribution in [1.29, 1.82) is 5.26 Å². The van der Waals surface area contributed by atoms with E-state index in [4.69, 9.17) is 5.26 Å². The average molecular weight is 227 g/mol. The Bertz CT molecular complexity index is 628. The Balaban J connectivity index is 2.41. The molecule has 0 saturated carbocycles. The Morgan fingerprint density at radius 3 is 2.76 bits per heavy atom. The van der Waals surface area contributed by atoms with Gasteiger partial charge in [0, 0.05) is 24.5 Å². The summed E-state index contributed by atoms with van der Waals surface area (Å²) in [6, 6.07) is 5.18. The molecule has 0 amide bonds. The van der Waals surface area contributed by atoms with Gasteiger partial charge in [0.05, 0.1) is 12.1 Å². The van der Waals surface area contributed by atoms with Gasteiger partial charge in [0.25, 0.3) is 0 Å². The SMILES string of the molecule is N#Cc1cn(Cc2ccncc2)c(=O)nc1[O-]. The summed E-state index contributed by atoms with van der Waals surface area (Å²) in [5, 5.41) is 19.8. The molecule has 2 aromatic heterocycles. The molecule has 2 rings (SSSR count). The molecule has 0 spiro atoms. The summed E-state index contributed by atoms with van der Waals surface area (Å²) in [5.74, 6) is -0.788. The van der Waals surface area contributed by atoms with Crippen LogP contribution in [0.5, 0.6) is 5.88 Å². The molecule has 0 fully saturated rings. The zero-order valence-corrected chi connectivity index (χ0v) is 8.70. The molecular weight excluding hydrogens is 220 g/mol. The topological polar surface area (TPSA) is 94.6 Å². The lowest BCUT2D eigenvalue weighted by molar-refractivity contribution is -0.275. The lowest BCUT2D eigenvalue weighted by atomic mass is 10.2. The van der Waals surface area contributed by atoms with Crippen LogP contribution in [-0.4, -0.2) is 14.5 Å². The fourth-order valence-electron chi connectivity index (χ4n) is 1.35. The molecule has 0 N–H and O–H groups in total. The molecule has 0 atom stereocenters. The first kappa shape index (κ1) is 10.8. The molecule has 0 unspecified atom stereocenters. The number of rotatable bonds is 2. The largest absolute Gasteiger partial charge is 0.858 e. The fraction of sp³-hybridized carbons (Fsp3) is 0.0909. The van der Waals surface area contributed by atoms with Crippen LogP contribution in [0, 0.1) is 11.3 Å². The van der Waals surface area contributed by atoms with E-state index in [-0.39, 0.29) is 12.1 Å². The molecule has 6 heteroatoms. The maximum Gasteiger partial charge on any atom is 0.347 e. The van der Waals surface area contributed by atoms with E-state index in [0.29, 0.717) is 0 Å². The quantitative estimate of drug-likeness (QED) is 0.697. The Morgan fingerprint density at radius 1 is 1.41 bits per heavy atom. The van der Waals surface area contributed by atoms with Gasteiger partial charge in [-0.1, -0.05) is 0 Å². The second-order valence-corrected chi connectivity index (χ2v) is 3.34. The number of nitriles is 1. The van der Waals surface area contributed by atoms with Gasteiger partial charge >= 0.3 is 5.69 Å². The van der Waals surface area contributed by atoms with Gasteiger partial charge in [-0.3, -0.25) is 9.55 Å². The molecular formula is C11H7N4O2-. The zero-order chi connectivity index (χ0) is 12.3. The normalized spacial score (nSPS) is 9.82. The Morgan fingerprint density at radius 2 is 2.12 bits per heavy atom.